The summed E-state index contributed by atoms with van der Waals surface area (Å²) in [4.78, 5) is 10.8. The van der Waals surface area contributed by atoms with E-state index in [0.29, 0.717) is 50.9 Å². The van der Waals surface area contributed by atoms with E-state index in [1.165, 1.54) is 4.31 Å². The maximum atomic E-state index is 12.7. The van der Waals surface area contributed by atoms with Crippen molar-refractivity contribution < 1.29 is 13.2 Å². The predicted octanol–water partition coefficient (Wildman–Crippen LogP) is 0.342. The highest BCUT2D eigenvalue weighted by Crippen LogP contribution is 2.26. The predicted molar refractivity (Wildman–Crippen MR) is 80.8 cm³/mol. The number of amides is 2. The molecule has 7 nitrogen and oxygen atoms in total. The largest absolute Gasteiger partial charge is 0.352 e. The minimum absolute atomic E-state index is 0.0202. The van der Waals surface area contributed by atoms with E-state index in [4.69, 9.17) is 5.73 Å². The molecule has 0 aromatic rings. The molecule has 0 aromatic heterocycles. The molecular formula is C13H26N4O3S. The van der Waals surface area contributed by atoms with Gasteiger partial charge in [-0.2, -0.15) is 17.0 Å². The molecule has 2 heterocycles. The van der Waals surface area contributed by atoms with Gasteiger partial charge in [-0.15, -0.1) is 0 Å². The van der Waals surface area contributed by atoms with Crippen LogP contribution in [0.3, 0.4) is 0 Å². The van der Waals surface area contributed by atoms with E-state index in [-0.39, 0.29) is 6.04 Å². The summed E-state index contributed by atoms with van der Waals surface area (Å²) in [6.45, 7) is 6.28. The van der Waals surface area contributed by atoms with Gasteiger partial charge in [-0.05, 0) is 31.1 Å². The van der Waals surface area contributed by atoms with Gasteiger partial charge in [-0.25, -0.2) is 4.79 Å². The number of primary amides is 1. The van der Waals surface area contributed by atoms with Crippen molar-refractivity contribution in [2.24, 2.45) is 17.6 Å². The Kier molecular flexibility index (Phi) is 5.11. The van der Waals surface area contributed by atoms with Crippen LogP contribution in [-0.4, -0.2) is 55.3 Å². The molecule has 8 heteroatoms. The Hall–Kier alpha value is -0.860. The van der Waals surface area contributed by atoms with E-state index in [2.05, 4.69) is 19.2 Å². The summed E-state index contributed by atoms with van der Waals surface area (Å²) in [5.74, 6) is 0.801. The summed E-state index contributed by atoms with van der Waals surface area (Å²) >= 11 is 0. The fourth-order valence-electron chi connectivity index (χ4n) is 3.39. The number of urea groups is 1. The second-order valence-corrected chi connectivity index (χ2v) is 8.38. The average Bonchev–Trinajstić information content (AvgIpc) is 2.37. The molecule has 2 aliphatic rings. The molecule has 0 saturated carbocycles. The summed E-state index contributed by atoms with van der Waals surface area (Å²) in [6, 6.07) is -0.567. The van der Waals surface area contributed by atoms with Gasteiger partial charge in [-0.1, -0.05) is 13.8 Å². The van der Waals surface area contributed by atoms with Crippen molar-refractivity contribution in [3.63, 3.8) is 0 Å². The molecule has 0 spiro atoms. The molecule has 2 rings (SSSR count). The number of rotatable bonds is 3. The Morgan fingerprint density at radius 3 is 2.10 bits per heavy atom. The summed E-state index contributed by atoms with van der Waals surface area (Å²) in [6.07, 6.45) is 2.30. The highest BCUT2D eigenvalue weighted by atomic mass is 32.2. The first-order valence-corrected chi connectivity index (χ1v) is 9.00. The van der Waals surface area contributed by atoms with Crippen molar-refractivity contribution in [2.75, 3.05) is 26.2 Å². The number of carbonyl (C=O) groups is 1. The van der Waals surface area contributed by atoms with Crippen LogP contribution in [0.4, 0.5) is 4.79 Å². The number of hydrogen-bond donors (Lipinski definition) is 2. The van der Waals surface area contributed by atoms with Crippen LogP contribution in [0.2, 0.25) is 0 Å². The minimum atomic E-state index is -3.38. The highest BCUT2D eigenvalue weighted by molar-refractivity contribution is 7.86. The summed E-state index contributed by atoms with van der Waals surface area (Å²) in [7, 11) is -3.38. The number of nitrogens with two attached hydrogens (primary N) is 1. The van der Waals surface area contributed by atoms with Gasteiger partial charge in [0.05, 0.1) is 0 Å². The molecule has 122 valence electrons. The molecule has 0 aliphatic carbocycles. The van der Waals surface area contributed by atoms with Crippen molar-refractivity contribution in [1.82, 2.24) is 13.9 Å². The fraction of sp³-hybridized carbons (Fsp3) is 0.923. The van der Waals surface area contributed by atoms with Crippen LogP contribution < -0.4 is 11.1 Å². The molecule has 2 saturated heterocycles. The zero-order valence-corrected chi connectivity index (χ0v) is 13.6. The lowest BCUT2D eigenvalue weighted by Crippen LogP contribution is -2.53. The standard InChI is InChI=1S/C13H26N4O3S/c1-10-7-11(2)9-17(8-10)21(19,20)16-5-3-12(4-6-16)15-13(14)18/h10-12H,3-9H2,1-2H3,(H3,14,15,18)/t10-,11-/m0/s1. The van der Waals surface area contributed by atoms with Gasteiger partial charge in [0.2, 0.25) is 0 Å². The highest BCUT2D eigenvalue weighted by Gasteiger charge is 2.36. The van der Waals surface area contributed by atoms with Crippen LogP contribution in [0.15, 0.2) is 0 Å². The molecule has 0 radical (unpaired) electrons. The third-order valence-corrected chi connectivity index (χ3v) is 6.26. The Bertz CT molecular complexity index is 464. The number of nitrogens with zero attached hydrogens (tertiary/aromatic N) is 2. The van der Waals surface area contributed by atoms with Crippen LogP contribution in [-0.2, 0) is 10.2 Å². The Balaban J connectivity index is 1.96. The number of carbonyl (C=O) groups excluding carboxylic acids is 1. The molecule has 0 unspecified atom stereocenters. The van der Waals surface area contributed by atoms with Crippen molar-refractivity contribution in [1.29, 1.82) is 0 Å². The topological polar surface area (TPSA) is 95.7 Å². The Labute approximate surface area is 127 Å². The van der Waals surface area contributed by atoms with Gasteiger partial charge in [-0.3, -0.25) is 0 Å². The molecular weight excluding hydrogens is 292 g/mol. The van der Waals surface area contributed by atoms with Gasteiger partial charge in [0.25, 0.3) is 10.2 Å². The van der Waals surface area contributed by atoms with Crippen LogP contribution >= 0.6 is 0 Å². The third-order valence-electron chi connectivity index (χ3n) is 4.29. The number of hydrogen-bond acceptors (Lipinski definition) is 3. The van der Waals surface area contributed by atoms with E-state index < -0.39 is 16.2 Å². The van der Waals surface area contributed by atoms with Gasteiger partial charge >= 0.3 is 6.03 Å². The number of piperidine rings is 2. The maximum absolute atomic E-state index is 12.7. The molecule has 2 aliphatic heterocycles. The van der Waals surface area contributed by atoms with Crippen molar-refractivity contribution >= 4 is 16.2 Å². The average molecular weight is 318 g/mol. The van der Waals surface area contributed by atoms with E-state index in [9.17, 15) is 13.2 Å². The summed E-state index contributed by atoms with van der Waals surface area (Å²) in [5.41, 5.74) is 5.10. The second-order valence-electron chi connectivity index (χ2n) is 6.45. The van der Waals surface area contributed by atoms with Gasteiger partial charge < -0.3 is 11.1 Å². The van der Waals surface area contributed by atoms with Crippen LogP contribution in [0.25, 0.3) is 0 Å². The monoisotopic (exact) mass is 318 g/mol. The van der Waals surface area contributed by atoms with Gasteiger partial charge in [0, 0.05) is 32.2 Å². The smallest absolute Gasteiger partial charge is 0.312 e. The van der Waals surface area contributed by atoms with Crippen LogP contribution in [0.5, 0.6) is 0 Å². The zero-order chi connectivity index (χ0) is 15.6. The molecule has 21 heavy (non-hydrogen) atoms. The SMILES string of the molecule is C[C@H]1C[C@H](C)CN(S(=O)(=O)N2CCC(NC(N)=O)CC2)C1. The minimum Gasteiger partial charge on any atom is -0.352 e. The molecule has 2 amide bonds. The third kappa shape index (κ3) is 4.08. The normalized spacial score (nSPS) is 30.2. The van der Waals surface area contributed by atoms with Crippen LogP contribution in [0, 0.1) is 11.8 Å². The van der Waals surface area contributed by atoms with E-state index in [0.717, 1.165) is 6.42 Å². The van der Waals surface area contributed by atoms with Crippen molar-refractivity contribution in [3.8, 4) is 0 Å². The zero-order valence-electron chi connectivity index (χ0n) is 12.8. The van der Waals surface area contributed by atoms with Crippen molar-refractivity contribution in [2.45, 2.75) is 39.2 Å². The van der Waals surface area contributed by atoms with E-state index in [1.54, 1.807) is 4.31 Å². The molecule has 0 bridgehead atoms. The fourth-order valence-corrected chi connectivity index (χ4v) is 5.27. The van der Waals surface area contributed by atoms with E-state index in [1.807, 2.05) is 0 Å². The maximum Gasteiger partial charge on any atom is 0.312 e. The lowest BCUT2D eigenvalue weighted by atomic mass is 9.94. The lowest BCUT2D eigenvalue weighted by molar-refractivity contribution is 0.198. The quantitative estimate of drug-likeness (QED) is 0.785. The molecule has 0 aromatic carbocycles. The summed E-state index contributed by atoms with van der Waals surface area (Å²) in [5, 5.41) is 2.65. The van der Waals surface area contributed by atoms with Crippen LogP contribution in [0.1, 0.15) is 33.1 Å². The van der Waals surface area contributed by atoms with Crippen molar-refractivity contribution in [3.05, 3.63) is 0 Å². The number of nitrogens with one attached hydrogen (secondary N) is 1. The summed E-state index contributed by atoms with van der Waals surface area (Å²) < 4.78 is 28.6. The molecule has 3 N–H and O–H groups in total. The first kappa shape index (κ1) is 16.5. The molecule has 2 atom stereocenters. The first-order valence-electron chi connectivity index (χ1n) is 7.60. The lowest BCUT2D eigenvalue weighted by Gasteiger charge is -2.39. The van der Waals surface area contributed by atoms with E-state index >= 15 is 0 Å². The molecule has 2 fully saturated rings. The second kappa shape index (κ2) is 6.50. The van der Waals surface area contributed by atoms with Gasteiger partial charge in [0.15, 0.2) is 0 Å². The Morgan fingerprint density at radius 2 is 1.62 bits per heavy atom. The first-order chi connectivity index (χ1) is 9.79. The van der Waals surface area contributed by atoms with Gasteiger partial charge in [0.1, 0.15) is 0 Å². The Morgan fingerprint density at radius 1 is 1.10 bits per heavy atom.